The van der Waals surface area contributed by atoms with Gasteiger partial charge in [0.15, 0.2) is 10.7 Å². The molecule has 2 aromatic heterocycles. The van der Waals surface area contributed by atoms with E-state index in [-0.39, 0.29) is 46.3 Å². The zero-order chi connectivity index (χ0) is 23.6. The van der Waals surface area contributed by atoms with Crippen molar-refractivity contribution >= 4 is 45.4 Å². The highest BCUT2D eigenvalue weighted by molar-refractivity contribution is 7.89. The average Bonchev–Trinajstić information content (AvgIpc) is 3.44. The number of carbonyl (C=O) groups excluding carboxylic acids is 1. The Bertz CT molecular complexity index is 1280. The molecular weight excluding hydrogens is 473 g/mol. The standard InChI is InChI=1S/C22H21ClFN3O5S/c1-14-21(20(32-26-14)7-5-17-3-2-12-31-17)33(29,30)27-10-8-15(9-11-27)22(28)25-16-4-6-19(24)18(23)13-16/h2-7,12-13,15H,8-11H2,1H3,(H,25,28)/b7-5+. The van der Waals surface area contributed by atoms with Crippen molar-refractivity contribution in [3.8, 4) is 0 Å². The normalized spacial score (nSPS) is 15.8. The van der Waals surface area contributed by atoms with Crippen LogP contribution >= 0.6 is 11.6 Å². The van der Waals surface area contributed by atoms with Crippen molar-refractivity contribution in [2.45, 2.75) is 24.7 Å². The number of piperidine rings is 1. The maximum absolute atomic E-state index is 13.3. The molecule has 1 N–H and O–H groups in total. The number of hydrogen-bond donors (Lipinski definition) is 1. The van der Waals surface area contributed by atoms with Crippen LogP contribution in [0.5, 0.6) is 0 Å². The molecule has 1 aliphatic rings. The lowest BCUT2D eigenvalue weighted by atomic mass is 9.97. The maximum atomic E-state index is 13.3. The molecule has 1 aromatic carbocycles. The van der Waals surface area contributed by atoms with Crippen LogP contribution in [0.25, 0.3) is 12.2 Å². The number of nitrogens with zero attached hydrogens (tertiary/aromatic N) is 2. The molecule has 4 rings (SSSR count). The summed E-state index contributed by atoms with van der Waals surface area (Å²) in [5, 5.41) is 6.44. The number of halogens is 2. The minimum Gasteiger partial charge on any atom is -0.465 e. The molecule has 8 nitrogen and oxygen atoms in total. The fourth-order valence-corrected chi connectivity index (χ4v) is 5.55. The Morgan fingerprint density at radius 1 is 1.27 bits per heavy atom. The lowest BCUT2D eigenvalue weighted by Gasteiger charge is -2.30. The quantitative estimate of drug-likeness (QED) is 0.539. The molecule has 3 heterocycles. The van der Waals surface area contributed by atoms with Crippen LogP contribution in [-0.2, 0) is 14.8 Å². The van der Waals surface area contributed by atoms with E-state index in [2.05, 4.69) is 10.5 Å². The largest absolute Gasteiger partial charge is 0.465 e. The summed E-state index contributed by atoms with van der Waals surface area (Å²) < 4.78 is 51.7. The van der Waals surface area contributed by atoms with E-state index in [9.17, 15) is 17.6 Å². The van der Waals surface area contributed by atoms with E-state index >= 15 is 0 Å². The van der Waals surface area contributed by atoms with Crippen molar-refractivity contribution in [3.05, 3.63) is 64.6 Å². The number of rotatable bonds is 6. The van der Waals surface area contributed by atoms with E-state index in [1.165, 1.54) is 34.8 Å². The molecule has 0 spiro atoms. The van der Waals surface area contributed by atoms with Crippen LogP contribution in [-0.4, -0.2) is 36.9 Å². The number of furan rings is 1. The molecule has 0 radical (unpaired) electrons. The van der Waals surface area contributed by atoms with E-state index in [4.69, 9.17) is 20.5 Å². The SMILES string of the molecule is Cc1noc(/C=C/c2ccco2)c1S(=O)(=O)N1CCC(C(=O)Nc2ccc(F)c(Cl)c2)CC1. The number of carbonyl (C=O) groups is 1. The predicted octanol–water partition coefficient (Wildman–Crippen LogP) is 4.58. The Kier molecular flexibility index (Phi) is 6.68. The number of nitrogens with one attached hydrogen (secondary N) is 1. The Morgan fingerprint density at radius 2 is 2.03 bits per heavy atom. The zero-order valence-corrected chi connectivity index (χ0v) is 19.2. The number of benzene rings is 1. The van der Waals surface area contributed by atoms with Gasteiger partial charge in [-0.2, -0.15) is 4.31 Å². The van der Waals surface area contributed by atoms with Crippen LogP contribution in [0.2, 0.25) is 5.02 Å². The third-order valence-electron chi connectivity index (χ3n) is 5.39. The summed E-state index contributed by atoms with van der Waals surface area (Å²) in [7, 11) is -3.89. The zero-order valence-electron chi connectivity index (χ0n) is 17.6. The highest BCUT2D eigenvalue weighted by atomic mass is 35.5. The van der Waals surface area contributed by atoms with Gasteiger partial charge in [0, 0.05) is 24.7 Å². The van der Waals surface area contributed by atoms with Crippen molar-refractivity contribution in [2.24, 2.45) is 5.92 Å². The molecule has 0 saturated carbocycles. The molecule has 1 saturated heterocycles. The molecule has 1 fully saturated rings. The lowest BCUT2D eigenvalue weighted by Crippen LogP contribution is -2.41. The third kappa shape index (κ3) is 5.02. The van der Waals surface area contributed by atoms with Crippen LogP contribution in [0, 0.1) is 18.7 Å². The maximum Gasteiger partial charge on any atom is 0.248 e. The number of sulfonamides is 1. The molecule has 11 heteroatoms. The second-order valence-electron chi connectivity index (χ2n) is 7.61. The average molecular weight is 494 g/mol. The molecule has 0 atom stereocenters. The van der Waals surface area contributed by atoms with Crippen LogP contribution in [0.1, 0.15) is 30.1 Å². The van der Waals surface area contributed by atoms with Gasteiger partial charge in [0.2, 0.25) is 15.9 Å². The lowest BCUT2D eigenvalue weighted by molar-refractivity contribution is -0.120. The van der Waals surface area contributed by atoms with Gasteiger partial charge in [-0.15, -0.1) is 0 Å². The molecule has 0 aliphatic carbocycles. The Balaban J connectivity index is 1.43. The summed E-state index contributed by atoms with van der Waals surface area (Å²) in [6.07, 6.45) is 5.27. The van der Waals surface area contributed by atoms with Gasteiger partial charge in [-0.1, -0.05) is 16.8 Å². The summed E-state index contributed by atoms with van der Waals surface area (Å²) in [4.78, 5) is 12.6. The molecule has 1 amide bonds. The first-order valence-corrected chi connectivity index (χ1v) is 12.0. The Hall–Kier alpha value is -2.95. The summed E-state index contributed by atoms with van der Waals surface area (Å²) in [6.45, 7) is 1.89. The minimum atomic E-state index is -3.89. The monoisotopic (exact) mass is 493 g/mol. The van der Waals surface area contributed by atoms with E-state index in [0.717, 1.165) is 0 Å². The van der Waals surface area contributed by atoms with Crippen LogP contribution in [0.4, 0.5) is 10.1 Å². The minimum absolute atomic E-state index is 0.00541. The van der Waals surface area contributed by atoms with E-state index in [1.807, 2.05) is 0 Å². The fraction of sp³-hybridized carbons (Fsp3) is 0.273. The molecule has 0 unspecified atom stereocenters. The molecule has 1 aliphatic heterocycles. The number of anilines is 1. The van der Waals surface area contributed by atoms with Gasteiger partial charge in [0.05, 0.1) is 11.3 Å². The topological polar surface area (TPSA) is 106 Å². The summed E-state index contributed by atoms with van der Waals surface area (Å²) in [5.41, 5.74) is 0.636. The first kappa shape index (κ1) is 23.2. The molecule has 33 heavy (non-hydrogen) atoms. The van der Waals surface area contributed by atoms with Crippen molar-refractivity contribution in [3.63, 3.8) is 0 Å². The second-order valence-corrected chi connectivity index (χ2v) is 9.89. The molecular formula is C22H21ClFN3O5S. The van der Waals surface area contributed by atoms with Crippen LogP contribution in [0.3, 0.4) is 0 Å². The first-order valence-electron chi connectivity index (χ1n) is 10.2. The van der Waals surface area contributed by atoms with Crippen LogP contribution in [0.15, 0.2) is 50.4 Å². The van der Waals surface area contributed by atoms with Gasteiger partial charge >= 0.3 is 0 Å². The number of aromatic nitrogens is 1. The first-order chi connectivity index (χ1) is 15.8. The summed E-state index contributed by atoms with van der Waals surface area (Å²) in [5.74, 6) is -0.575. The smallest absolute Gasteiger partial charge is 0.248 e. The van der Waals surface area contributed by atoms with Crippen molar-refractivity contribution < 1.29 is 26.5 Å². The van der Waals surface area contributed by atoms with Gasteiger partial charge in [-0.05, 0) is 62.2 Å². The summed E-state index contributed by atoms with van der Waals surface area (Å²) in [6, 6.07) is 7.37. The van der Waals surface area contributed by atoms with E-state index < -0.39 is 15.8 Å². The number of aryl methyl sites for hydroxylation is 1. The highest BCUT2D eigenvalue weighted by Crippen LogP contribution is 2.30. The van der Waals surface area contributed by atoms with Crippen molar-refractivity contribution in [1.82, 2.24) is 9.46 Å². The van der Waals surface area contributed by atoms with Gasteiger partial charge in [-0.3, -0.25) is 4.79 Å². The van der Waals surface area contributed by atoms with Crippen molar-refractivity contribution in [1.29, 1.82) is 0 Å². The van der Waals surface area contributed by atoms with E-state index in [0.29, 0.717) is 24.3 Å². The molecule has 0 bridgehead atoms. The fourth-order valence-electron chi connectivity index (χ4n) is 3.65. The molecule has 3 aromatic rings. The molecule has 174 valence electrons. The van der Waals surface area contributed by atoms with Crippen LogP contribution < -0.4 is 5.32 Å². The van der Waals surface area contributed by atoms with Gasteiger partial charge in [0.25, 0.3) is 0 Å². The van der Waals surface area contributed by atoms with Gasteiger partial charge in [-0.25, -0.2) is 12.8 Å². The van der Waals surface area contributed by atoms with Crippen molar-refractivity contribution in [2.75, 3.05) is 18.4 Å². The Labute approximate surface area is 195 Å². The number of amides is 1. The second kappa shape index (κ2) is 9.50. The predicted molar refractivity (Wildman–Crippen MR) is 120 cm³/mol. The highest BCUT2D eigenvalue weighted by Gasteiger charge is 2.36. The number of hydrogen-bond acceptors (Lipinski definition) is 6. The Morgan fingerprint density at radius 3 is 2.70 bits per heavy atom. The summed E-state index contributed by atoms with van der Waals surface area (Å²) >= 11 is 5.76. The van der Waals surface area contributed by atoms with Gasteiger partial charge in [0.1, 0.15) is 17.3 Å². The third-order valence-corrected chi connectivity index (χ3v) is 7.73. The van der Waals surface area contributed by atoms with E-state index in [1.54, 1.807) is 25.1 Å². The van der Waals surface area contributed by atoms with Gasteiger partial charge < -0.3 is 14.3 Å².